The van der Waals surface area contributed by atoms with Gasteiger partial charge in [0.25, 0.3) is 5.69 Å². The lowest BCUT2D eigenvalue weighted by atomic mass is 10.1. The molecular formula is C21H25N3O5. The second kappa shape index (κ2) is 8.91. The molecule has 0 radical (unpaired) electrons. The molecule has 8 heteroatoms. The van der Waals surface area contributed by atoms with Crippen molar-refractivity contribution in [1.82, 2.24) is 4.90 Å². The number of carbonyl (C=O) groups is 1. The predicted octanol–water partition coefficient (Wildman–Crippen LogP) is 3.60. The zero-order valence-electron chi connectivity index (χ0n) is 16.8. The van der Waals surface area contributed by atoms with Gasteiger partial charge in [0.2, 0.25) is 5.91 Å². The number of rotatable bonds is 9. The Labute approximate surface area is 169 Å². The van der Waals surface area contributed by atoms with Crippen LogP contribution in [0.2, 0.25) is 0 Å². The number of hydrogen-bond acceptors (Lipinski definition) is 6. The number of amides is 1. The van der Waals surface area contributed by atoms with Gasteiger partial charge in [-0.2, -0.15) is 0 Å². The van der Waals surface area contributed by atoms with Gasteiger partial charge in [-0.05, 0) is 43.5 Å². The zero-order chi connectivity index (χ0) is 21.0. The Balaban J connectivity index is 1.72. The van der Waals surface area contributed by atoms with Gasteiger partial charge in [0.15, 0.2) is 0 Å². The third-order valence-electron chi connectivity index (χ3n) is 5.07. The van der Waals surface area contributed by atoms with E-state index in [-0.39, 0.29) is 23.4 Å². The van der Waals surface area contributed by atoms with Crippen molar-refractivity contribution in [3.63, 3.8) is 0 Å². The standard InChI is InChI=1S/C21H25N3O5/c1-14(21(25)22-19-11-8-17(24(26)27)12-20(19)29-3)23(16-6-7-16)13-15-4-9-18(28-2)10-5-15/h4-5,8-12,14,16H,6-7,13H2,1-3H3,(H,22,25)/t14-/m1/s1. The average Bonchev–Trinajstić information content (AvgIpc) is 3.57. The van der Waals surface area contributed by atoms with Crippen LogP contribution in [0, 0.1) is 10.1 Å². The average molecular weight is 399 g/mol. The number of nitro groups is 1. The van der Waals surface area contributed by atoms with Gasteiger partial charge < -0.3 is 14.8 Å². The van der Waals surface area contributed by atoms with Gasteiger partial charge in [0, 0.05) is 18.7 Å². The van der Waals surface area contributed by atoms with Crippen molar-refractivity contribution in [2.24, 2.45) is 0 Å². The first-order valence-corrected chi connectivity index (χ1v) is 9.45. The summed E-state index contributed by atoms with van der Waals surface area (Å²) < 4.78 is 10.4. The summed E-state index contributed by atoms with van der Waals surface area (Å²) in [7, 11) is 3.04. The summed E-state index contributed by atoms with van der Waals surface area (Å²) in [6, 6.07) is 12.0. The van der Waals surface area contributed by atoms with Crippen LogP contribution in [0.3, 0.4) is 0 Å². The Morgan fingerprint density at radius 2 is 1.90 bits per heavy atom. The summed E-state index contributed by atoms with van der Waals surface area (Å²) in [6.45, 7) is 2.52. The molecule has 8 nitrogen and oxygen atoms in total. The third-order valence-corrected chi connectivity index (χ3v) is 5.07. The number of ether oxygens (including phenoxy) is 2. The second-order valence-electron chi connectivity index (χ2n) is 7.06. The molecule has 0 saturated heterocycles. The first-order valence-electron chi connectivity index (χ1n) is 9.45. The van der Waals surface area contributed by atoms with E-state index in [4.69, 9.17) is 9.47 Å². The molecule has 1 aliphatic rings. The van der Waals surface area contributed by atoms with Gasteiger partial charge in [-0.25, -0.2) is 0 Å². The van der Waals surface area contributed by atoms with Crippen molar-refractivity contribution in [1.29, 1.82) is 0 Å². The third kappa shape index (κ3) is 5.03. The van der Waals surface area contributed by atoms with Crippen LogP contribution in [0.25, 0.3) is 0 Å². The summed E-state index contributed by atoms with van der Waals surface area (Å²) in [6.07, 6.45) is 2.13. The Hall–Kier alpha value is -3.13. The molecule has 2 aromatic carbocycles. The smallest absolute Gasteiger partial charge is 0.273 e. The number of benzene rings is 2. The lowest BCUT2D eigenvalue weighted by Gasteiger charge is -2.28. The molecule has 1 fully saturated rings. The Morgan fingerprint density at radius 1 is 1.21 bits per heavy atom. The molecule has 1 amide bonds. The van der Waals surface area contributed by atoms with E-state index in [2.05, 4.69) is 10.2 Å². The molecule has 2 aromatic rings. The SMILES string of the molecule is COc1ccc(CN(C2CC2)[C@H](C)C(=O)Nc2ccc([N+](=O)[O-])cc2OC)cc1. The number of hydrogen-bond donors (Lipinski definition) is 1. The number of nitrogens with zero attached hydrogens (tertiary/aromatic N) is 2. The Bertz CT molecular complexity index is 880. The molecule has 3 rings (SSSR count). The number of anilines is 1. The fourth-order valence-corrected chi connectivity index (χ4v) is 3.21. The maximum Gasteiger partial charge on any atom is 0.273 e. The van der Waals surface area contributed by atoms with Crippen LogP contribution in [0.15, 0.2) is 42.5 Å². The first kappa shape index (κ1) is 20.6. The molecule has 29 heavy (non-hydrogen) atoms. The Kier molecular flexibility index (Phi) is 6.33. The van der Waals surface area contributed by atoms with Crippen LogP contribution in [0.4, 0.5) is 11.4 Å². The minimum absolute atomic E-state index is 0.0907. The minimum Gasteiger partial charge on any atom is -0.497 e. The van der Waals surface area contributed by atoms with Crippen LogP contribution in [0.1, 0.15) is 25.3 Å². The first-order chi connectivity index (χ1) is 13.9. The van der Waals surface area contributed by atoms with E-state index in [1.807, 2.05) is 31.2 Å². The predicted molar refractivity (Wildman–Crippen MR) is 109 cm³/mol. The van der Waals surface area contributed by atoms with Gasteiger partial charge in [-0.3, -0.25) is 19.8 Å². The zero-order valence-corrected chi connectivity index (χ0v) is 16.8. The van der Waals surface area contributed by atoms with Crippen LogP contribution >= 0.6 is 0 Å². The van der Waals surface area contributed by atoms with Crippen molar-refractivity contribution in [2.75, 3.05) is 19.5 Å². The van der Waals surface area contributed by atoms with Crippen LogP contribution in [-0.2, 0) is 11.3 Å². The van der Waals surface area contributed by atoms with E-state index in [0.29, 0.717) is 18.3 Å². The molecule has 0 spiro atoms. The summed E-state index contributed by atoms with van der Waals surface area (Å²) in [5.74, 6) is 0.869. The number of nitrogens with one attached hydrogen (secondary N) is 1. The highest BCUT2D eigenvalue weighted by molar-refractivity contribution is 5.96. The van der Waals surface area contributed by atoms with E-state index < -0.39 is 4.92 Å². The number of nitro benzene ring substituents is 1. The van der Waals surface area contributed by atoms with E-state index in [1.54, 1.807) is 7.11 Å². The van der Waals surface area contributed by atoms with Gasteiger partial charge >= 0.3 is 0 Å². The van der Waals surface area contributed by atoms with Gasteiger partial charge in [0.1, 0.15) is 11.5 Å². The molecule has 1 aliphatic carbocycles. The van der Waals surface area contributed by atoms with Crippen molar-refractivity contribution in [3.05, 3.63) is 58.1 Å². The highest BCUT2D eigenvalue weighted by Gasteiger charge is 2.35. The van der Waals surface area contributed by atoms with E-state index >= 15 is 0 Å². The topological polar surface area (TPSA) is 93.9 Å². The van der Waals surface area contributed by atoms with Crippen LogP contribution < -0.4 is 14.8 Å². The van der Waals surface area contributed by atoms with Crippen molar-refractivity contribution < 1.29 is 19.2 Å². The molecule has 0 heterocycles. The lowest BCUT2D eigenvalue weighted by molar-refractivity contribution is -0.384. The monoisotopic (exact) mass is 399 g/mol. The van der Waals surface area contributed by atoms with E-state index in [1.165, 1.54) is 25.3 Å². The maximum absolute atomic E-state index is 12.9. The van der Waals surface area contributed by atoms with Crippen molar-refractivity contribution >= 4 is 17.3 Å². The molecular weight excluding hydrogens is 374 g/mol. The molecule has 154 valence electrons. The highest BCUT2D eigenvalue weighted by atomic mass is 16.6. The molecule has 0 unspecified atom stereocenters. The quantitative estimate of drug-likeness (QED) is 0.511. The van der Waals surface area contributed by atoms with Crippen LogP contribution in [0.5, 0.6) is 11.5 Å². The van der Waals surface area contributed by atoms with Gasteiger partial charge in [-0.1, -0.05) is 12.1 Å². The van der Waals surface area contributed by atoms with Gasteiger partial charge in [0.05, 0.1) is 36.9 Å². The summed E-state index contributed by atoms with van der Waals surface area (Å²) in [5, 5.41) is 13.8. The molecule has 0 aliphatic heterocycles. The fourth-order valence-electron chi connectivity index (χ4n) is 3.21. The lowest BCUT2D eigenvalue weighted by Crippen LogP contribution is -2.43. The maximum atomic E-state index is 12.9. The summed E-state index contributed by atoms with van der Waals surface area (Å²) in [4.78, 5) is 25.5. The van der Waals surface area contributed by atoms with Crippen LogP contribution in [-0.4, -0.2) is 42.0 Å². The summed E-state index contributed by atoms with van der Waals surface area (Å²) >= 11 is 0. The van der Waals surface area contributed by atoms with Gasteiger partial charge in [-0.15, -0.1) is 0 Å². The van der Waals surface area contributed by atoms with Crippen molar-refractivity contribution in [2.45, 2.75) is 38.4 Å². The second-order valence-corrected chi connectivity index (χ2v) is 7.06. The molecule has 0 bridgehead atoms. The molecule has 1 atom stereocenters. The molecule has 1 saturated carbocycles. The molecule has 1 N–H and O–H groups in total. The number of carbonyl (C=O) groups excluding carboxylic acids is 1. The molecule has 0 aromatic heterocycles. The van der Waals surface area contributed by atoms with E-state index in [0.717, 1.165) is 24.2 Å². The Morgan fingerprint density at radius 3 is 2.45 bits per heavy atom. The normalized spacial score (nSPS) is 14.3. The minimum atomic E-state index is -0.500. The van der Waals surface area contributed by atoms with E-state index in [9.17, 15) is 14.9 Å². The highest BCUT2D eigenvalue weighted by Crippen LogP contribution is 2.32. The van der Waals surface area contributed by atoms with Crippen molar-refractivity contribution in [3.8, 4) is 11.5 Å². The summed E-state index contributed by atoms with van der Waals surface area (Å²) in [5.41, 5.74) is 1.42. The fraction of sp³-hybridized carbons (Fsp3) is 0.381. The number of methoxy groups -OCH3 is 2. The largest absolute Gasteiger partial charge is 0.497 e. The number of non-ortho nitro benzene ring substituents is 1.